The average Bonchev–Trinajstić information content (AvgIpc) is 2.85. The summed E-state index contributed by atoms with van der Waals surface area (Å²) >= 11 is 3.28. The maximum Gasteiger partial charge on any atom is 0.407 e. The molecule has 1 aromatic carbocycles. The number of hydrogen-bond acceptors (Lipinski definition) is 4. The van der Waals surface area contributed by atoms with Crippen LogP contribution in [0.2, 0.25) is 0 Å². The lowest BCUT2D eigenvalue weighted by molar-refractivity contribution is -0.384. The van der Waals surface area contributed by atoms with Gasteiger partial charge in [-0.25, -0.2) is 4.79 Å². The zero-order valence-electron chi connectivity index (χ0n) is 10.6. The molecule has 1 aromatic rings. The molecule has 1 amide bonds. The Bertz CT molecular complexity index is 537. The van der Waals surface area contributed by atoms with Crippen LogP contribution in [-0.2, 0) is 0 Å². The second-order valence-electron chi connectivity index (χ2n) is 4.68. The Hall–Kier alpha value is -1.83. The van der Waals surface area contributed by atoms with Crippen molar-refractivity contribution in [3.8, 4) is 0 Å². The van der Waals surface area contributed by atoms with Gasteiger partial charge >= 0.3 is 6.09 Å². The fourth-order valence-electron chi connectivity index (χ4n) is 2.24. The van der Waals surface area contributed by atoms with Gasteiger partial charge in [0.25, 0.3) is 5.69 Å². The van der Waals surface area contributed by atoms with Crippen LogP contribution in [0.15, 0.2) is 22.7 Å². The molecule has 0 aromatic heterocycles. The number of nitrogens with zero attached hydrogens (tertiary/aromatic N) is 2. The van der Waals surface area contributed by atoms with Crippen LogP contribution < -0.4 is 5.32 Å². The van der Waals surface area contributed by atoms with E-state index in [9.17, 15) is 14.9 Å². The second kappa shape index (κ2) is 6.08. The summed E-state index contributed by atoms with van der Waals surface area (Å²) in [4.78, 5) is 22.7. The van der Waals surface area contributed by atoms with Crippen molar-refractivity contribution in [1.82, 2.24) is 4.90 Å². The van der Waals surface area contributed by atoms with Gasteiger partial charge in [-0.2, -0.15) is 0 Å². The van der Waals surface area contributed by atoms with Gasteiger partial charge in [-0.3, -0.25) is 10.1 Å². The number of carboxylic acid groups (broad SMARTS) is 1. The van der Waals surface area contributed by atoms with Gasteiger partial charge in [0.15, 0.2) is 0 Å². The first-order valence-corrected chi connectivity index (χ1v) is 6.92. The average molecular weight is 344 g/mol. The number of nitrogens with one attached hydrogen (secondary N) is 1. The van der Waals surface area contributed by atoms with Gasteiger partial charge < -0.3 is 15.3 Å². The highest BCUT2D eigenvalue weighted by Crippen LogP contribution is 2.28. The summed E-state index contributed by atoms with van der Waals surface area (Å²) in [6.07, 6.45) is -0.151. The van der Waals surface area contributed by atoms with Gasteiger partial charge in [0.05, 0.1) is 4.92 Å². The summed E-state index contributed by atoms with van der Waals surface area (Å²) in [5, 5.41) is 22.9. The van der Waals surface area contributed by atoms with Gasteiger partial charge in [0, 0.05) is 30.2 Å². The highest BCUT2D eigenvalue weighted by atomic mass is 79.9. The first-order chi connectivity index (χ1) is 9.47. The van der Waals surface area contributed by atoms with E-state index in [4.69, 9.17) is 5.11 Å². The lowest BCUT2D eigenvalue weighted by Crippen LogP contribution is -2.27. The lowest BCUT2D eigenvalue weighted by Gasteiger charge is -2.14. The third-order valence-electron chi connectivity index (χ3n) is 3.29. The van der Waals surface area contributed by atoms with Crippen molar-refractivity contribution in [3.63, 3.8) is 0 Å². The minimum Gasteiger partial charge on any atom is -0.465 e. The Morgan fingerprint density at radius 2 is 2.35 bits per heavy atom. The number of anilines is 1. The molecule has 1 aliphatic heterocycles. The Labute approximate surface area is 123 Å². The predicted molar refractivity (Wildman–Crippen MR) is 77.0 cm³/mol. The molecule has 0 unspecified atom stereocenters. The molecular formula is C12H14BrN3O4. The molecule has 1 fully saturated rings. The summed E-state index contributed by atoms with van der Waals surface area (Å²) in [5.41, 5.74) is 0.458. The van der Waals surface area contributed by atoms with E-state index in [2.05, 4.69) is 21.2 Å². The molecule has 1 aliphatic rings. The predicted octanol–water partition coefficient (Wildman–Crippen LogP) is 2.77. The van der Waals surface area contributed by atoms with Crippen molar-refractivity contribution in [3.05, 3.63) is 32.8 Å². The largest absolute Gasteiger partial charge is 0.465 e. The van der Waals surface area contributed by atoms with Crippen molar-refractivity contribution in [2.75, 3.05) is 25.0 Å². The molecular weight excluding hydrogens is 330 g/mol. The highest BCUT2D eigenvalue weighted by Gasteiger charge is 2.26. The molecule has 0 bridgehead atoms. The van der Waals surface area contributed by atoms with Gasteiger partial charge in [-0.1, -0.05) is 15.9 Å². The van der Waals surface area contributed by atoms with E-state index in [0.29, 0.717) is 25.3 Å². The Kier molecular flexibility index (Phi) is 4.43. The lowest BCUT2D eigenvalue weighted by atomic mass is 10.1. The standard InChI is InChI=1S/C12H14BrN3O4/c13-9-1-2-11(16(19)20)10(5-9)14-6-8-3-4-15(7-8)12(17)18/h1-2,5,8,14H,3-4,6-7H2,(H,17,18)/t8-/m0/s1. The smallest absolute Gasteiger partial charge is 0.407 e. The van der Waals surface area contributed by atoms with Gasteiger partial charge in [-0.15, -0.1) is 0 Å². The van der Waals surface area contributed by atoms with Crippen LogP contribution in [0.25, 0.3) is 0 Å². The number of nitro groups is 1. The quantitative estimate of drug-likeness (QED) is 0.647. The molecule has 108 valence electrons. The van der Waals surface area contributed by atoms with E-state index < -0.39 is 11.0 Å². The molecule has 0 aliphatic carbocycles. The summed E-state index contributed by atoms with van der Waals surface area (Å²) in [6.45, 7) is 1.49. The minimum atomic E-state index is -0.916. The number of halogens is 1. The molecule has 7 nitrogen and oxygen atoms in total. The van der Waals surface area contributed by atoms with Crippen LogP contribution in [0.5, 0.6) is 0 Å². The molecule has 0 spiro atoms. The van der Waals surface area contributed by atoms with Crippen molar-refractivity contribution < 1.29 is 14.8 Å². The summed E-state index contributed by atoms with van der Waals surface area (Å²) < 4.78 is 0.754. The number of rotatable bonds is 4. The van der Waals surface area contributed by atoms with Crippen molar-refractivity contribution in [2.24, 2.45) is 5.92 Å². The summed E-state index contributed by atoms with van der Waals surface area (Å²) in [6, 6.07) is 4.71. The van der Waals surface area contributed by atoms with Crippen molar-refractivity contribution in [1.29, 1.82) is 0 Å². The SMILES string of the molecule is O=C(O)N1CC[C@@H](CNc2cc(Br)ccc2[N+](=O)[O-])C1. The number of carbonyl (C=O) groups is 1. The van der Waals surface area contributed by atoms with Gasteiger partial charge in [0.1, 0.15) is 5.69 Å². The molecule has 0 saturated carbocycles. The molecule has 8 heteroatoms. The van der Waals surface area contributed by atoms with Crippen LogP contribution in [0.3, 0.4) is 0 Å². The first-order valence-electron chi connectivity index (χ1n) is 6.13. The van der Waals surface area contributed by atoms with Crippen molar-refractivity contribution in [2.45, 2.75) is 6.42 Å². The molecule has 0 radical (unpaired) electrons. The van der Waals surface area contributed by atoms with Crippen molar-refractivity contribution >= 4 is 33.4 Å². The van der Waals surface area contributed by atoms with Gasteiger partial charge in [-0.05, 0) is 24.5 Å². The Morgan fingerprint density at radius 3 is 2.95 bits per heavy atom. The summed E-state index contributed by atoms with van der Waals surface area (Å²) in [7, 11) is 0. The number of amides is 1. The third kappa shape index (κ3) is 3.38. The van der Waals surface area contributed by atoms with E-state index in [-0.39, 0.29) is 11.6 Å². The molecule has 2 rings (SSSR count). The number of likely N-dealkylation sites (tertiary alicyclic amines) is 1. The fourth-order valence-corrected chi connectivity index (χ4v) is 2.60. The fraction of sp³-hybridized carbons (Fsp3) is 0.417. The number of hydrogen-bond donors (Lipinski definition) is 2. The highest BCUT2D eigenvalue weighted by molar-refractivity contribution is 9.10. The van der Waals surface area contributed by atoms with E-state index in [1.54, 1.807) is 12.1 Å². The van der Waals surface area contributed by atoms with Crippen LogP contribution in [0, 0.1) is 16.0 Å². The maximum atomic E-state index is 10.9. The Balaban J connectivity index is 1.99. The van der Waals surface area contributed by atoms with E-state index in [1.165, 1.54) is 11.0 Å². The topological polar surface area (TPSA) is 95.7 Å². The molecule has 1 heterocycles. The summed E-state index contributed by atoms with van der Waals surface area (Å²) in [5.74, 6) is 0.171. The molecule has 1 saturated heterocycles. The minimum absolute atomic E-state index is 0.0151. The second-order valence-corrected chi connectivity index (χ2v) is 5.60. The van der Waals surface area contributed by atoms with Crippen LogP contribution in [-0.4, -0.2) is 40.7 Å². The number of benzene rings is 1. The van der Waals surface area contributed by atoms with Crippen LogP contribution in [0.4, 0.5) is 16.2 Å². The zero-order chi connectivity index (χ0) is 14.7. The van der Waals surface area contributed by atoms with E-state index in [1.807, 2.05) is 0 Å². The zero-order valence-corrected chi connectivity index (χ0v) is 12.2. The van der Waals surface area contributed by atoms with Crippen LogP contribution >= 0.6 is 15.9 Å². The normalized spacial score (nSPS) is 18.1. The number of nitro benzene ring substituents is 1. The third-order valence-corrected chi connectivity index (χ3v) is 3.79. The van der Waals surface area contributed by atoms with E-state index >= 15 is 0 Å². The molecule has 1 atom stereocenters. The van der Waals surface area contributed by atoms with Crippen LogP contribution in [0.1, 0.15) is 6.42 Å². The van der Waals surface area contributed by atoms with E-state index in [0.717, 1.165) is 10.9 Å². The monoisotopic (exact) mass is 343 g/mol. The first kappa shape index (κ1) is 14.6. The molecule has 20 heavy (non-hydrogen) atoms. The van der Waals surface area contributed by atoms with Gasteiger partial charge in [0.2, 0.25) is 0 Å². The maximum absolute atomic E-state index is 10.9. The molecule has 2 N–H and O–H groups in total. The Morgan fingerprint density at radius 1 is 1.60 bits per heavy atom.